The molecule has 19 heavy (non-hydrogen) atoms. The average Bonchev–Trinajstić information content (AvgIpc) is 3.17. The van der Waals surface area contributed by atoms with Crippen molar-refractivity contribution in [1.29, 1.82) is 0 Å². The maximum absolute atomic E-state index is 5.33. The van der Waals surface area contributed by atoms with Gasteiger partial charge in [0.15, 0.2) is 11.6 Å². The molecule has 6 nitrogen and oxygen atoms in total. The Morgan fingerprint density at radius 3 is 3.00 bits per heavy atom. The number of H-pyrrole nitrogens is 1. The van der Waals surface area contributed by atoms with Gasteiger partial charge < -0.3 is 14.2 Å². The van der Waals surface area contributed by atoms with Crippen LogP contribution in [0.4, 0.5) is 0 Å². The molecule has 0 bridgehead atoms. The molecule has 1 N–H and O–H groups in total. The van der Waals surface area contributed by atoms with Crippen LogP contribution in [0.2, 0.25) is 0 Å². The fourth-order valence-electron chi connectivity index (χ4n) is 2.29. The van der Waals surface area contributed by atoms with Crippen molar-refractivity contribution >= 4 is 11.0 Å². The highest BCUT2D eigenvalue weighted by Gasteiger charge is 2.24. The molecule has 0 saturated carbocycles. The van der Waals surface area contributed by atoms with Gasteiger partial charge in [-0.1, -0.05) is 17.3 Å². The summed E-state index contributed by atoms with van der Waals surface area (Å²) in [5.74, 6) is 1.98. The number of ether oxygens (including phenoxy) is 1. The molecule has 2 aromatic heterocycles. The third-order valence-corrected chi connectivity index (χ3v) is 3.33. The van der Waals surface area contributed by atoms with Crippen LogP contribution in [-0.2, 0) is 4.74 Å². The highest BCUT2D eigenvalue weighted by Crippen LogP contribution is 2.25. The zero-order valence-corrected chi connectivity index (χ0v) is 10.2. The van der Waals surface area contributed by atoms with Crippen molar-refractivity contribution in [3.8, 4) is 11.7 Å². The maximum atomic E-state index is 5.33. The lowest BCUT2D eigenvalue weighted by molar-refractivity contribution is 0.192. The first-order valence-electron chi connectivity index (χ1n) is 6.26. The summed E-state index contributed by atoms with van der Waals surface area (Å²) < 4.78 is 10.6. The minimum Gasteiger partial charge on any atom is -0.381 e. The SMILES string of the molecule is c1ccc2[nH]c(-c3nc([C@@H]4CCOC4)no3)nc2c1. The second-order valence-corrected chi connectivity index (χ2v) is 4.62. The zero-order chi connectivity index (χ0) is 12.7. The van der Waals surface area contributed by atoms with Gasteiger partial charge in [-0.05, 0) is 18.6 Å². The second kappa shape index (κ2) is 4.17. The normalized spacial score (nSPS) is 19.3. The van der Waals surface area contributed by atoms with Crippen molar-refractivity contribution in [3.05, 3.63) is 30.1 Å². The molecule has 1 aliphatic rings. The van der Waals surface area contributed by atoms with Gasteiger partial charge in [-0.25, -0.2) is 4.98 Å². The summed E-state index contributed by atoms with van der Waals surface area (Å²) in [5.41, 5.74) is 1.85. The smallest absolute Gasteiger partial charge is 0.293 e. The predicted molar refractivity (Wildman–Crippen MR) is 67.6 cm³/mol. The van der Waals surface area contributed by atoms with Crippen LogP contribution >= 0.6 is 0 Å². The molecule has 6 heteroatoms. The number of hydrogen-bond donors (Lipinski definition) is 1. The largest absolute Gasteiger partial charge is 0.381 e. The summed E-state index contributed by atoms with van der Waals surface area (Å²) in [5, 5.41) is 4.02. The van der Waals surface area contributed by atoms with Crippen molar-refractivity contribution in [2.45, 2.75) is 12.3 Å². The first-order chi connectivity index (χ1) is 9.40. The van der Waals surface area contributed by atoms with Crippen LogP contribution in [0, 0.1) is 0 Å². The van der Waals surface area contributed by atoms with Gasteiger partial charge in [0, 0.05) is 12.5 Å². The summed E-state index contributed by atoms with van der Waals surface area (Å²) in [6, 6.07) is 7.81. The Morgan fingerprint density at radius 1 is 1.21 bits per heavy atom. The van der Waals surface area contributed by atoms with Gasteiger partial charge >= 0.3 is 0 Å². The van der Waals surface area contributed by atoms with Crippen LogP contribution in [0.1, 0.15) is 18.2 Å². The summed E-state index contributed by atoms with van der Waals surface area (Å²) in [7, 11) is 0. The third kappa shape index (κ3) is 1.80. The van der Waals surface area contributed by atoms with Crippen molar-refractivity contribution < 1.29 is 9.26 Å². The third-order valence-electron chi connectivity index (χ3n) is 3.33. The molecule has 0 radical (unpaired) electrons. The van der Waals surface area contributed by atoms with E-state index < -0.39 is 0 Å². The first kappa shape index (κ1) is 10.7. The molecule has 3 heterocycles. The fraction of sp³-hybridized carbons (Fsp3) is 0.308. The molecule has 1 saturated heterocycles. The lowest BCUT2D eigenvalue weighted by Crippen LogP contribution is -1.99. The Balaban J connectivity index is 1.71. The number of nitrogens with one attached hydrogen (secondary N) is 1. The van der Waals surface area contributed by atoms with Gasteiger partial charge in [0.2, 0.25) is 0 Å². The topological polar surface area (TPSA) is 76.8 Å². The van der Waals surface area contributed by atoms with E-state index in [0.717, 1.165) is 24.1 Å². The average molecular weight is 256 g/mol. The van der Waals surface area contributed by atoms with Crippen LogP contribution in [0.5, 0.6) is 0 Å². The lowest BCUT2D eigenvalue weighted by Gasteiger charge is -1.97. The molecule has 1 aliphatic heterocycles. The van der Waals surface area contributed by atoms with Gasteiger partial charge in [-0.2, -0.15) is 4.98 Å². The molecular weight excluding hydrogens is 244 g/mol. The number of aromatic amines is 1. The molecule has 1 atom stereocenters. The molecule has 1 fully saturated rings. The fourth-order valence-corrected chi connectivity index (χ4v) is 2.29. The van der Waals surface area contributed by atoms with Gasteiger partial charge in [-0.3, -0.25) is 0 Å². The second-order valence-electron chi connectivity index (χ2n) is 4.62. The highest BCUT2D eigenvalue weighted by atomic mass is 16.5. The van der Waals surface area contributed by atoms with E-state index in [1.54, 1.807) is 0 Å². The number of imidazole rings is 1. The Morgan fingerprint density at radius 2 is 2.16 bits per heavy atom. The molecule has 0 spiro atoms. The van der Waals surface area contributed by atoms with Gasteiger partial charge in [0.05, 0.1) is 17.6 Å². The molecule has 0 aliphatic carbocycles. The minimum atomic E-state index is 0.238. The Kier molecular flexibility index (Phi) is 2.34. The van der Waals surface area contributed by atoms with E-state index in [1.165, 1.54) is 0 Å². The van der Waals surface area contributed by atoms with Crippen LogP contribution in [0.3, 0.4) is 0 Å². The number of para-hydroxylation sites is 2. The minimum absolute atomic E-state index is 0.238. The van der Waals surface area contributed by atoms with Gasteiger partial charge in [0.1, 0.15) is 0 Å². The standard InChI is InChI=1S/C13H12N4O2/c1-2-4-10-9(3-1)14-12(15-10)13-16-11(17-19-13)8-5-6-18-7-8/h1-4,8H,5-7H2,(H,14,15)/t8-/m1/s1. The lowest BCUT2D eigenvalue weighted by atomic mass is 10.1. The van der Waals surface area contributed by atoms with E-state index in [1.807, 2.05) is 24.3 Å². The Labute approximate surface area is 108 Å². The van der Waals surface area contributed by atoms with Crippen LogP contribution < -0.4 is 0 Å². The molecule has 96 valence electrons. The van der Waals surface area contributed by atoms with Crippen molar-refractivity contribution in [2.24, 2.45) is 0 Å². The molecule has 0 amide bonds. The van der Waals surface area contributed by atoms with E-state index in [-0.39, 0.29) is 5.92 Å². The van der Waals surface area contributed by atoms with Crippen molar-refractivity contribution in [1.82, 2.24) is 20.1 Å². The molecule has 4 rings (SSSR count). The summed E-state index contributed by atoms with van der Waals surface area (Å²) in [6.45, 7) is 1.43. The zero-order valence-electron chi connectivity index (χ0n) is 10.2. The molecule has 1 aromatic carbocycles. The number of aromatic nitrogens is 4. The summed E-state index contributed by atoms with van der Waals surface area (Å²) in [4.78, 5) is 12.0. The molecular formula is C13H12N4O2. The van der Waals surface area contributed by atoms with Gasteiger partial charge in [-0.15, -0.1) is 0 Å². The monoisotopic (exact) mass is 256 g/mol. The van der Waals surface area contributed by atoms with Crippen LogP contribution in [0.25, 0.3) is 22.7 Å². The summed E-state index contributed by atoms with van der Waals surface area (Å²) in [6.07, 6.45) is 0.944. The van der Waals surface area contributed by atoms with Gasteiger partial charge in [0.25, 0.3) is 5.89 Å². The van der Waals surface area contributed by atoms with E-state index in [4.69, 9.17) is 9.26 Å². The highest BCUT2D eigenvalue weighted by molar-refractivity contribution is 5.77. The van der Waals surface area contributed by atoms with Crippen LogP contribution in [0.15, 0.2) is 28.8 Å². The number of nitrogens with zero attached hydrogens (tertiary/aromatic N) is 3. The van der Waals surface area contributed by atoms with E-state index in [2.05, 4.69) is 20.1 Å². The number of hydrogen-bond acceptors (Lipinski definition) is 5. The molecule has 3 aromatic rings. The molecule has 0 unspecified atom stereocenters. The van der Waals surface area contributed by atoms with Crippen LogP contribution in [-0.4, -0.2) is 33.3 Å². The quantitative estimate of drug-likeness (QED) is 0.760. The Bertz CT molecular complexity index is 679. The maximum Gasteiger partial charge on any atom is 0.293 e. The van der Waals surface area contributed by atoms with E-state index in [0.29, 0.717) is 24.1 Å². The van der Waals surface area contributed by atoms with Crippen molar-refractivity contribution in [2.75, 3.05) is 13.2 Å². The van der Waals surface area contributed by atoms with Crippen molar-refractivity contribution in [3.63, 3.8) is 0 Å². The number of benzene rings is 1. The summed E-state index contributed by atoms with van der Waals surface area (Å²) >= 11 is 0. The number of rotatable bonds is 2. The van der Waals surface area contributed by atoms with E-state index in [9.17, 15) is 0 Å². The predicted octanol–water partition coefficient (Wildman–Crippen LogP) is 2.12. The van der Waals surface area contributed by atoms with E-state index >= 15 is 0 Å². The number of fused-ring (bicyclic) bond motifs is 1. The first-order valence-corrected chi connectivity index (χ1v) is 6.26. The Hall–Kier alpha value is -2.21.